The molecule has 1 saturated heterocycles. The number of aryl methyl sites for hydroxylation is 2. The van der Waals surface area contributed by atoms with E-state index in [9.17, 15) is 14.7 Å². The summed E-state index contributed by atoms with van der Waals surface area (Å²) in [6, 6.07) is 9.81. The molecule has 4 heterocycles. The summed E-state index contributed by atoms with van der Waals surface area (Å²) in [6.45, 7) is 3.30. The maximum absolute atomic E-state index is 11.6. The number of aromatic amines is 1. The molecule has 9 heteroatoms. The van der Waals surface area contributed by atoms with E-state index in [0.717, 1.165) is 17.0 Å². The lowest BCUT2D eigenvalue weighted by molar-refractivity contribution is -0.0459. The van der Waals surface area contributed by atoms with E-state index in [0.29, 0.717) is 5.56 Å². The van der Waals surface area contributed by atoms with E-state index >= 15 is 0 Å². The average Bonchev–Trinajstić information content (AvgIpc) is 3.12. The highest BCUT2D eigenvalue weighted by molar-refractivity contribution is 5.57. The fraction of sp³-hybridized carbons (Fsp3) is 0.333. The van der Waals surface area contributed by atoms with Gasteiger partial charge in [-0.15, -0.1) is 0 Å². The fourth-order valence-corrected chi connectivity index (χ4v) is 3.11. The molecule has 9 nitrogen and oxygen atoms in total. The minimum absolute atomic E-state index is 0.205. The van der Waals surface area contributed by atoms with Crippen molar-refractivity contribution >= 4 is 0 Å². The van der Waals surface area contributed by atoms with Crippen molar-refractivity contribution in [1.29, 1.82) is 0 Å². The molecule has 0 saturated carbocycles. The first-order valence-corrected chi connectivity index (χ1v) is 9.50. The van der Waals surface area contributed by atoms with Crippen LogP contribution in [0.25, 0.3) is 11.4 Å². The highest BCUT2D eigenvalue weighted by Gasteiger charge is 2.34. The van der Waals surface area contributed by atoms with Crippen LogP contribution in [0.3, 0.4) is 0 Å². The van der Waals surface area contributed by atoms with Crippen molar-refractivity contribution in [3.05, 3.63) is 80.9 Å². The van der Waals surface area contributed by atoms with Gasteiger partial charge in [0.15, 0.2) is 0 Å². The van der Waals surface area contributed by atoms with Crippen LogP contribution in [0.2, 0.25) is 0 Å². The lowest BCUT2D eigenvalue weighted by Crippen LogP contribution is -2.33. The van der Waals surface area contributed by atoms with Crippen molar-refractivity contribution in [2.45, 2.75) is 38.7 Å². The van der Waals surface area contributed by atoms with Gasteiger partial charge in [-0.25, -0.2) is 4.79 Å². The Kier molecular flexibility index (Phi) is 6.88. The Bertz CT molecular complexity index is 1100. The van der Waals surface area contributed by atoms with E-state index in [1.165, 1.54) is 10.8 Å². The van der Waals surface area contributed by atoms with Crippen molar-refractivity contribution in [2.75, 3.05) is 6.61 Å². The number of nitrogens with zero attached hydrogens (tertiary/aromatic N) is 3. The van der Waals surface area contributed by atoms with E-state index in [4.69, 9.17) is 9.84 Å². The third kappa shape index (κ3) is 4.88. The first kappa shape index (κ1) is 21.6. The van der Waals surface area contributed by atoms with E-state index in [-0.39, 0.29) is 13.0 Å². The maximum Gasteiger partial charge on any atom is 0.330 e. The van der Waals surface area contributed by atoms with Crippen molar-refractivity contribution in [3.8, 4) is 11.4 Å². The van der Waals surface area contributed by atoms with Gasteiger partial charge in [-0.3, -0.25) is 24.3 Å². The van der Waals surface area contributed by atoms with Gasteiger partial charge in [-0.2, -0.15) is 0 Å². The lowest BCUT2D eigenvalue weighted by Gasteiger charge is -2.14. The summed E-state index contributed by atoms with van der Waals surface area (Å²) in [7, 11) is 0. The molecule has 30 heavy (non-hydrogen) atoms. The zero-order chi connectivity index (χ0) is 21.7. The number of rotatable bonds is 3. The van der Waals surface area contributed by atoms with Gasteiger partial charge in [-0.05, 0) is 37.6 Å². The van der Waals surface area contributed by atoms with Crippen molar-refractivity contribution in [3.63, 3.8) is 0 Å². The van der Waals surface area contributed by atoms with Crippen LogP contribution >= 0.6 is 0 Å². The van der Waals surface area contributed by atoms with E-state index in [1.54, 1.807) is 19.3 Å². The molecule has 1 aliphatic heterocycles. The van der Waals surface area contributed by atoms with E-state index in [2.05, 4.69) is 15.0 Å². The Labute approximate surface area is 172 Å². The first-order valence-electron chi connectivity index (χ1n) is 9.50. The second-order valence-corrected chi connectivity index (χ2v) is 6.98. The van der Waals surface area contributed by atoms with Gasteiger partial charge in [-0.1, -0.05) is 12.1 Å². The smallest absolute Gasteiger partial charge is 0.330 e. The van der Waals surface area contributed by atoms with E-state index in [1.807, 2.05) is 37.3 Å². The topological polar surface area (TPSA) is 130 Å². The summed E-state index contributed by atoms with van der Waals surface area (Å²) < 4.78 is 6.54. The fourth-order valence-electron chi connectivity index (χ4n) is 3.11. The summed E-state index contributed by atoms with van der Waals surface area (Å²) in [5, 5.41) is 18.5. The molecule has 4 rings (SSSR count). The van der Waals surface area contributed by atoms with Crippen LogP contribution in [-0.2, 0) is 4.74 Å². The molecule has 3 atom stereocenters. The number of ether oxygens (including phenoxy) is 1. The first-order chi connectivity index (χ1) is 14.4. The predicted octanol–water partition coefficient (Wildman–Crippen LogP) is 0.938. The van der Waals surface area contributed by atoms with Crippen LogP contribution in [0.15, 0.2) is 58.5 Å². The SMILES string of the molecule is Cc1cccnc1-c1ccccn1.Cc1cn([C@H]2C[C@H](O)[C@@H](CO)O2)c(=O)[nH]c1=O. The monoisotopic (exact) mass is 412 g/mol. The number of pyridine rings is 2. The third-order valence-corrected chi connectivity index (χ3v) is 4.76. The summed E-state index contributed by atoms with van der Waals surface area (Å²) in [5.41, 5.74) is 2.40. The number of hydrogen-bond donors (Lipinski definition) is 3. The quantitative estimate of drug-likeness (QED) is 0.583. The summed E-state index contributed by atoms with van der Waals surface area (Å²) >= 11 is 0. The normalized spacial score (nSPS) is 20.5. The van der Waals surface area contributed by atoms with Crippen molar-refractivity contribution in [1.82, 2.24) is 19.5 Å². The molecule has 0 aromatic carbocycles. The standard InChI is InChI=1S/C11H10N2.C10H14N2O5/c1-9-5-4-8-13-11(9)10-6-2-3-7-12-10;1-5-3-12(10(16)11-9(5)15)8-2-6(14)7(4-13)17-8/h2-8H,1H3;3,6-8,13-14H,2,4H2,1H3,(H,11,15,16)/t;6-,7+,8+/m.0/s1. The molecular weight excluding hydrogens is 388 g/mol. The summed E-state index contributed by atoms with van der Waals surface area (Å²) in [6.07, 6.45) is 2.99. The van der Waals surface area contributed by atoms with Crippen LogP contribution < -0.4 is 11.2 Å². The molecule has 0 radical (unpaired) electrons. The molecule has 158 valence electrons. The molecule has 0 spiro atoms. The summed E-state index contributed by atoms with van der Waals surface area (Å²) in [5.74, 6) is 0. The van der Waals surface area contributed by atoms with Crippen LogP contribution in [0.4, 0.5) is 0 Å². The lowest BCUT2D eigenvalue weighted by atomic mass is 10.1. The average molecular weight is 412 g/mol. The number of aromatic nitrogens is 4. The van der Waals surface area contributed by atoms with Crippen LogP contribution in [0, 0.1) is 13.8 Å². The molecule has 1 aliphatic rings. The van der Waals surface area contributed by atoms with Gasteiger partial charge < -0.3 is 14.9 Å². The Morgan fingerprint density at radius 2 is 1.90 bits per heavy atom. The van der Waals surface area contributed by atoms with Crippen LogP contribution in [0.1, 0.15) is 23.8 Å². The minimum Gasteiger partial charge on any atom is -0.394 e. The molecular formula is C21H24N4O5. The Balaban J connectivity index is 0.000000177. The van der Waals surface area contributed by atoms with Gasteiger partial charge in [0.2, 0.25) is 0 Å². The predicted molar refractivity (Wildman–Crippen MR) is 110 cm³/mol. The van der Waals surface area contributed by atoms with Gasteiger partial charge in [0, 0.05) is 30.6 Å². The number of hydrogen-bond acceptors (Lipinski definition) is 7. The molecule has 0 aliphatic carbocycles. The van der Waals surface area contributed by atoms with Crippen molar-refractivity contribution < 1.29 is 14.9 Å². The van der Waals surface area contributed by atoms with Gasteiger partial charge >= 0.3 is 5.69 Å². The number of nitrogens with one attached hydrogen (secondary N) is 1. The van der Waals surface area contributed by atoms with Crippen molar-refractivity contribution in [2.24, 2.45) is 0 Å². The third-order valence-electron chi connectivity index (χ3n) is 4.76. The molecule has 3 aromatic heterocycles. The number of aliphatic hydroxyl groups is 2. The van der Waals surface area contributed by atoms with E-state index < -0.39 is 29.7 Å². The van der Waals surface area contributed by atoms with Gasteiger partial charge in [0.05, 0.1) is 24.1 Å². The Morgan fingerprint density at radius 3 is 2.53 bits per heavy atom. The van der Waals surface area contributed by atoms with Gasteiger partial charge in [0.25, 0.3) is 5.56 Å². The molecule has 0 bridgehead atoms. The molecule has 3 aromatic rings. The largest absolute Gasteiger partial charge is 0.394 e. The molecule has 1 fully saturated rings. The molecule has 0 unspecified atom stereocenters. The number of aliphatic hydroxyl groups excluding tert-OH is 2. The number of H-pyrrole nitrogens is 1. The second-order valence-electron chi connectivity index (χ2n) is 6.98. The minimum atomic E-state index is -0.816. The highest BCUT2D eigenvalue weighted by Crippen LogP contribution is 2.27. The second kappa shape index (κ2) is 9.57. The Hall–Kier alpha value is -3.14. The van der Waals surface area contributed by atoms with Gasteiger partial charge in [0.1, 0.15) is 12.3 Å². The van der Waals surface area contributed by atoms with Crippen LogP contribution in [0.5, 0.6) is 0 Å². The molecule has 3 N–H and O–H groups in total. The maximum atomic E-state index is 11.6. The highest BCUT2D eigenvalue weighted by atomic mass is 16.5. The zero-order valence-corrected chi connectivity index (χ0v) is 16.7. The molecule has 0 amide bonds. The van der Waals surface area contributed by atoms with Crippen LogP contribution in [-0.4, -0.2) is 48.5 Å². The zero-order valence-electron chi connectivity index (χ0n) is 16.7. The summed E-state index contributed by atoms with van der Waals surface area (Å²) in [4.78, 5) is 33.4. The Morgan fingerprint density at radius 1 is 1.13 bits per heavy atom.